The molecule has 0 aliphatic carbocycles. The third-order valence-electron chi connectivity index (χ3n) is 2.51. The van der Waals surface area contributed by atoms with Crippen LogP contribution in [0.4, 0.5) is 8.78 Å². The Balaban J connectivity index is 2.15. The maximum atomic E-state index is 13.6. The van der Waals surface area contributed by atoms with E-state index >= 15 is 0 Å². The summed E-state index contributed by atoms with van der Waals surface area (Å²) in [5.74, 6) is -4.09. The van der Waals surface area contributed by atoms with E-state index < -0.39 is 28.9 Å². The molecule has 4 nitrogen and oxygen atoms in total. The molecule has 2 aromatic rings. The van der Waals surface area contributed by atoms with Gasteiger partial charge in [0.2, 0.25) is 0 Å². The van der Waals surface area contributed by atoms with Gasteiger partial charge in [0.25, 0.3) is 0 Å². The first-order chi connectivity index (χ1) is 9.51. The Hall–Kier alpha value is -2.02. The molecule has 1 aromatic carbocycles. The summed E-state index contributed by atoms with van der Waals surface area (Å²) in [4.78, 5) is 14.9. The number of rotatable bonds is 5. The van der Waals surface area contributed by atoms with Crippen LogP contribution in [0.25, 0.3) is 0 Å². The molecule has 0 aliphatic rings. The molecule has 0 radical (unpaired) electrons. The minimum atomic E-state index is -1.40. The highest BCUT2D eigenvalue weighted by atomic mass is 32.1. The molecule has 7 heteroatoms. The van der Waals surface area contributed by atoms with Crippen LogP contribution in [0.15, 0.2) is 17.5 Å². The lowest BCUT2D eigenvalue weighted by atomic mass is 10.2. The molecule has 0 fully saturated rings. The van der Waals surface area contributed by atoms with Crippen molar-refractivity contribution in [2.45, 2.75) is 20.0 Å². The van der Waals surface area contributed by atoms with Crippen LogP contribution in [-0.4, -0.2) is 16.1 Å². The Morgan fingerprint density at radius 2 is 2.05 bits per heavy atom. The second-order valence-corrected chi connectivity index (χ2v) is 4.89. The highest BCUT2D eigenvalue weighted by Gasteiger charge is 2.16. The lowest BCUT2D eigenvalue weighted by Crippen LogP contribution is -2.04. The van der Waals surface area contributed by atoms with Crippen molar-refractivity contribution in [2.75, 3.05) is 0 Å². The summed E-state index contributed by atoms with van der Waals surface area (Å²) in [6.45, 7) is 1.88. The Kier molecular flexibility index (Phi) is 4.29. The number of carbonyl (C=O) groups is 1. The first-order valence-electron chi connectivity index (χ1n) is 5.79. The van der Waals surface area contributed by atoms with E-state index in [1.807, 2.05) is 6.92 Å². The number of aryl methyl sites for hydroxylation is 1. The van der Waals surface area contributed by atoms with Crippen LogP contribution >= 0.6 is 11.3 Å². The molecule has 0 atom stereocenters. The van der Waals surface area contributed by atoms with Crippen LogP contribution in [0.5, 0.6) is 5.75 Å². The molecule has 20 heavy (non-hydrogen) atoms. The van der Waals surface area contributed by atoms with Gasteiger partial charge in [-0.15, -0.1) is 11.3 Å². The molecule has 0 unspecified atom stereocenters. The number of thiazole rings is 1. The van der Waals surface area contributed by atoms with Crippen molar-refractivity contribution in [3.05, 3.63) is 45.4 Å². The van der Waals surface area contributed by atoms with Crippen LogP contribution in [-0.2, 0) is 13.0 Å². The van der Waals surface area contributed by atoms with Gasteiger partial charge in [0.15, 0.2) is 17.4 Å². The first-order valence-corrected chi connectivity index (χ1v) is 6.67. The summed E-state index contributed by atoms with van der Waals surface area (Å²) in [5.41, 5.74) is 0.113. The van der Waals surface area contributed by atoms with Gasteiger partial charge in [-0.25, -0.2) is 18.6 Å². The molecule has 0 saturated carbocycles. The summed E-state index contributed by atoms with van der Waals surface area (Å²) >= 11 is 1.44. The number of benzene rings is 1. The Labute approximate surface area is 117 Å². The van der Waals surface area contributed by atoms with E-state index in [1.54, 1.807) is 5.38 Å². The van der Waals surface area contributed by atoms with Gasteiger partial charge in [-0.2, -0.15) is 0 Å². The highest BCUT2D eigenvalue weighted by molar-refractivity contribution is 7.09. The molecule has 0 saturated heterocycles. The van der Waals surface area contributed by atoms with Crippen molar-refractivity contribution in [1.29, 1.82) is 0 Å². The highest BCUT2D eigenvalue weighted by Crippen LogP contribution is 2.24. The molecule has 0 amide bonds. The van der Waals surface area contributed by atoms with Gasteiger partial charge in [-0.05, 0) is 18.6 Å². The van der Waals surface area contributed by atoms with Crippen molar-refractivity contribution in [3.63, 3.8) is 0 Å². The molecule has 0 aliphatic heterocycles. The normalized spacial score (nSPS) is 10.6. The van der Waals surface area contributed by atoms with E-state index in [4.69, 9.17) is 9.84 Å². The lowest BCUT2D eigenvalue weighted by molar-refractivity contribution is 0.0695. The van der Waals surface area contributed by atoms with E-state index in [2.05, 4.69) is 4.98 Å². The Bertz CT molecular complexity index is 619. The van der Waals surface area contributed by atoms with Gasteiger partial charge in [-0.1, -0.05) is 6.92 Å². The first kappa shape index (κ1) is 14.4. The summed E-state index contributed by atoms with van der Waals surface area (Å²) in [5, 5.41) is 11.3. The predicted molar refractivity (Wildman–Crippen MR) is 69.1 cm³/mol. The van der Waals surface area contributed by atoms with Gasteiger partial charge in [0.1, 0.15) is 6.61 Å². The van der Waals surface area contributed by atoms with E-state index in [0.29, 0.717) is 5.69 Å². The van der Waals surface area contributed by atoms with E-state index in [1.165, 1.54) is 11.3 Å². The number of nitrogens with zero attached hydrogens (tertiary/aromatic N) is 1. The summed E-state index contributed by atoms with van der Waals surface area (Å²) in [7, 11) is 0. The topological polar surface area (TPSA) is 59.4 Å². The lowest BCUT2D eigenvalue weighted by Gasteiger charge is -2.07. The SMILES string of the molecule is CCc1nc(COc2c(F)cc(C(=O)O)cc2F)cs1. The largest absolute Gasteiger partial charge is 0.481 e. The third kappa shape index (κ3) is 3.11. The molecule has 1 N–H and O–H groups in total. The Morgan fingerprint density at radius 1 is 1.40 bits per heavy atom. The maximum absolute atomic E-state index is 13.6. The standard InChI is InChI=1S/C13H11F2NO3S/c1-2-11-16-8(6-20-11)5-19-12-9(14)3-7(13(17)18)4-10(12)15/h3-4,6H,2,5H2,1H3,(H,17,18). The van der Waals surface area contributed by atoms with E-state index in [0.717, 1.165) is 23.6 Å². The van der Waals surface area contributed by atoms with Gasteiger partial charge < -0.3 is 9.84 Å². The number of carboxylic acids is 1. The predicted octanol–water partition coefficient (Wildman–Crippen LogP) is 3.26. The number of carboxylic acid groups (broad SMARTS) is 1. The molecule has 1 aromatic heterocycles. The molecule has 0 spiro atoms. The van der Waals surface area contributed by atoms with Crippen molar-refractivity contribution < 1.29 is 23.4 Å². The molecule has 2 rings (SSSR count). The zero-order valence-corrected chi connectivity index (χ0v) is 11.3. The van der Waals surface area contributed by atoms with Gasteiger partial charge in [0.05, 0.1) is 16.3 Å². The van der Waals surface area contributed by atoms with Crippen molar-refractivity contribution >= 4 is 17.3 Å². The Morgan fingerprint density at radius 3 is 2.55 bits per heavy atom. The zero-order chi connectivity index (χ0) is 14.7. The second-order valence-electron chi connectivity index (χ2n) is 3.95. The molecule has 106 valence electrons. The monoisotopic (exact) mass is 299 g/mol. The van der Waals surface area contributed by atoms with Crippen LogP contribution < -0.4 is 4.74 Å². The van der Waals surface area contributed by atoms with E-state index in [9.17, 15) is 13.6 Å². The number of ether oxygens (including phenoxy) is 1. The average Bonchev–Trinajstić information content (AvgIpc) is 2.85. The second kappa shape index (κ2) is 5.96. The zero-order valence-electron chi connectivity index (χ0n) is 10.5. The third-order valence-corrected chi connectivity index (χ3v) is 3.55. The smallest absolute Gasteiger partial charge is 0.335 e. The maximum Gasteiger partial charge on any atom is 0.335 e. The van der Waals surface area contributed by atoms with Crippen molar-refractivity contribution in [2.24, 2.45) is 0 Å². The molecular weight excluding hydrogens is 288 g/mol. The summed E-state index contributed by atoms with van der Waals surface area (Å²) < 4.78 is 32.2. The van der Waals surface area contributed by atoms with Crippen LogP contribution in [0.1, 0.15) is 28.0 Å². The van der Waals surface area contributed by atoms with Crippen molar-refractivity contribution in [1.82, 2.24) is 4.98 Å². The number of halogens is 2. The summed E-state index contributed by atoms with van der Waals surface area (Å²) in [6.07, 6.45) is 0.778. The van der Waals surface area contributed by atoms with Gasteiger partial charge in [-0.3, -0.25) is 0 Å². The van der Waals surface area contributed by atoms with Crippen LogP contribution in [0, 0.1) is 11.6 Å². The fourth-order valence-electron chi connectivity index (χ4n) is 1.54. The van der Waals surface area contributed by atoms with Crippen LogP contribution in [0.3, 0.4) is 0 Å². The van der Waals surface area contributed by atoms with Crippen LogP contribution in [0.2, 0.25) is 0 Å². The quantitative estimate of drug-likeness (QED) is 0.920. The van der Waals surface area contributed by atoms with Crippen molar-refractivity contribution in [3.8, 4) is 5.75 Å². The minimum absolute atomic E-state index is 0.0727. The average molecular weight is 299 g/mol. The molecular formula is C13H11F2NO3S. The minimum Gasteiger partial charge on any atom is -0.481 e. The number of hydrogen-bond donors (Lipinski definition) is 1. The molecule has 1 heterocycles. The number of hydrogen-bond acceptors (Lipinski definition) is 4. The number of aromatic carboxylic acids is 1. The van der Waals surface area contributed by atoms with Gasteiger partial charge >= 0.3 is 5.97 Å². The summed E-state index contributed by atoms with van der Waals surface area (Å²) in [6, 6.07) is 1.44. The fourth-order valence-corrected chi connectivity index (χ4v) is 2.27. The van der Waals surface area contributed by atoms with Gasteiger partial charge in [0, 0.05) is 5.38 Å². The fraction of sp³-hybridized carbons (Fsp3) is 0.231. The van der Waals surface area contributed by atoms with E-state index in [-0.39, 0.29) is 6.61 Å². The number of aromatic nitrogens is 1. The molecule has 0 bridgehead atoms.